The summed E-state index contributed by atoms with van der Waals surface area (Å²) in [4.78, 5) is 0.607. The molecule has 0 aliphatic rings. The number of hydrogen-bond donors (Lipinski definition) is 1. The molecule has 0 amide bonds. The topological polar surface area (TPSA) is 23.8 Å². The number of hydrogen-bond acceptors (Lipinski definition) is 2. The van der Waals surface area contributed by atoms with E-state index < -0.39 is 5.83 Å². The molecule has 0 unspecified atom stereocenters. The number of nitriles is 1. The van der Waals surface area contributed by atoms with Gasteiger partial charge in [0, 0.05) is 11.1 Å². The highest BCUT2D eigenvalue weighted by Crippen LogP contribution is 2.13. The maximum atomic E-state index is 13.6. The van der Waals surface area contributed by atoms with Crippen molar-refractivity contribution < 1.29 is 4.39 Å². The molecule has 0 rings (SSSR count). The van der Waals surface area contributed by atoms with Gasteiger partial charge in [0.1, 0.15) is 5.83 Å². The van der Waals surface area contributed by atoms with Crippen molar-refractivity contribution in [3.8, 4) is 17.9 Å². The molecule has 0 aromatic heterocycles. The number of thiol groups is 1. The van der Waals surface area contributed by atoms with Crippen molar-refractivity contribution in [3.05, 3.63) is 108 Å². The summed E-state index contributed by atoms with van der Waals surface area (Å²) >= 11 is 4.05. The summed E-state index contributed by atoms with van der Waals surface area (Å²) in [7, 11) is 0. The molecular formula is C21H18FNS. The van der Waals surface area contributed by atoms with Crippen molar-refractivity contribution in [2.24, 2.45) is 0 Å². The van der Waals surface area contributed by atoms with E-state index in [1.807, 2.05) is 0 Å². The van der Waals surface area contributed by atoms with Crippen molar-refractivity contribution in [2.75, 3.05) is 0 Å². The Bertz CT molecular complexity index is 799. The summed E-state index contributed by atoms with van der Waals surface area (Å²) < 4.78 is 13.6. The zero-order chi connectivity index (χ0) is 18.7. The van der Waals surface area contributed by atoms with E-state index in [1.54, 1.807) is 30.4 Å². The molecule has 0 aliphatic carbocycles. The van der Waals surface area contributed by atoms with Crippen LogP contribution in [0.3, 0.4) is 0 Å². The first-order valence-corrected chi connectivity index (χ1v) is 7.10. The molecule has 0 aromatic carbocycles. The van der Waals surface area contributed by atoms with Crippen LogP contribution < -0.4 is 0 Å². The van der Waals surface area contributed by atoms with Crippen molar-refractivity contribution in [1.29, 1.82) is 5.26 Å². The molecule has 0 aliphatic heterocycles. The summed E-state index contributed by atoms with van der Waals surface area (Å²) in [5, 5.41) is 8.54. The standard InChI is InChI=1S/C21H18FNS/c1-15(7-9-17(3)18(4)11-12-20(6)24)8-10-19(5)21(22)13-16(2)14-23/h7,9,11-13,24H,1-6H2/b9-7-,12-11-,21-13+. The van der Waals surface area contributed by atoms with Crippen molar-refractivity contribution in [2.45, 2.75) is 0 Å². The largest absolute Gasteiger partial charge is 0.206 e. The first kappa shape index (κ1) is 21.0. The van der Waals surface area contributed by atoms with Gasteiger partial charge in [-0.3, -0.25) is 0 Å². The van der Waals surface area contributed by atoms with E-state index in [0.29, 0.717) is 21.6 Å². The van der Waals surface area contributed by atoms with Gasteiger partial charge in [-0.2, -0.15) is 5.26 Å². The van der Waals surface area contributed by atoms with Crippen LogP contribution in [0.2, 0.25) is 0 Å². The highest BCUT2D eigenvalue weighted by atomic mass is 32.1. The van der Waals surface area contributed by atoms with Crippen LogP contribution in [0.1, 0.15) is 0 Å². The lowest BCUT2D eigenvalue weighted by Gasteiger charge is -1.98. The van der Waals surface area contributed by atoms with Gasteiger partial charge < -0.3 is 0 Å². The molecule has 0 fully saturated rings. The minimum Gasteiger partial charge on any atom is -0.206 e. The summed E-state index contributed by atoms with van der Waals surface area (Å²) in [5.74, 6) is 4.48. The molecule has 0 aromatic rings. The summed E-state index contributed by atoms with van der Waals surface area (Å²) in [5.41, 5.74) is 1.73. The van der Waals surface area contributed by atoms with E-state index in [-0.39, 0.29) is 11.1 Å². The molecule has 0 saturated carbocycles. The van der Waals surface area contributed by atoms with Gasteiger partial charge in [0.25, 0.3) is 0 Å². The fourth-order valence-corrected chi connectivity index (χ4v) is 1.22. The smallest absolute Gasteiger partial charge is 0.139 e. The Morgan fingerprint density at radius 2 is 1.38 bits per heavy atom. The molecule has 0 atom stereocenters. The fraction of sp³-hybridized carbons (Fsp3) is 0. The lowest BCUT2D eigenvalue weighted by Crippen LogP contribution is -1.81. The van der Waals surface area contributed by atoms with Crippen LogP contribution in [0.4, 0.5) is 4.39 Å². The second-order valence-corrected chi connectivity index (χ2v) is 5.17. The van der Waals surface area contributed by atoms with Crippen molar-refractivity contribution in [3.63, 3.8) is 0 Å². The summed E-state index contributed by atoms with van der Waals surface area (Å²) in [6.45, 7) is 21.9. The Morgan fingerprint density at radius 1 is 0.833 bits per heavy atom. The Labute approximate surface area is 149 Å². The van der Waals surface area contributed by atoms with E-state index in [1.165, 1.54) is 0 Å². The van der Waals surface area contributed by atoms with Gasteiger partial charge in [-0.15, -0.1) is 12.6 Å². The van der Waals surface area contributed by atoms with Gasteiger partial charge in [-0.05, 0) is 34.3 Å². The maximum absolute atomic E-state index is 13.6. The van der Waals surface area contributed by atoms with Gasteiger partial charge in [-0.1, -0.05) is 63.5 Å². The molecule has 0 heterocycles. The van der Waals surface area contributed by atoms with Gasteiger partial charge in [0.05, 0.1) is 11.6 Å². The van der Waals surface area contributed by atoms with Crippen molar-refractivity contribution >= 4 is 12.6 Å². The van der Waals surface area contributed by atoms with E-state index in [9.17, 15) is 4.39 Å². The zero-order valence-corrected chi connectivity index (χ0v) is 14.3. The predicted octanol–water partition coefficient (Wildman–Crippen LogP) is 5.70. The molecule has 0 radical (unpaired) electrons. The van der Waals surface area contributed by atoms with Gasteiger partial charge >= 0.3 is 0 Å². The molecule has 0 N–H and O–H groups in total. The third-order valence-corrected chi connectivity index (χ3v) is 2.63. The lowest BCUT2D eigenvalue weighted by molar-refractivity contribution is 0.659. The predicted molar refractivity (Wildman–Crippen MR) is 105 cm³/mol. The molecule has 3 heteroatoms. The minimum absolute atomic E-state index is 0.0130. The Kier molecular flexibility index (Phi) is 9.33. The minimum atomic E-state index is -0.708. The first-order valence-electron chi connectivity index (χ1n) is 6.66. The molecule has 1 nitrogen and oxygen atoms in total. The Hall–Kier alpha value is -3.01. The SMILES string of the molecule is C=C(S)/C=C\C(=C)C(=C)/C=C\C(=C)C#CC(=C)/C(F)=C\C(=C)C#N. The average molecular weight is 335 g/mol. The number of allylic oxidation sites excluding steroid dienone is 11. The number of nitrogens with zero attached hydrogens (tertiary/aromatic N) is 1. The van der Waals surface area contributed by atoms with E-state index >= 15 is 0 Å². The van der Waals surface area contributed by atoms with Crippen LogP contribution in [-0.2, 0) is 0 Å². The summed E-state index contributed by atoms with van der Waals surface area (Å²) in [6.07, 6.45) is 7.74. The normalized spacial score (nSPS) is 10.6. The molecule has 0 bridgehead atoms. The van der Waals surface area contributed by atoms with Crippen LogP contribution in [0.15, 0.2) is 108 Å². The lowest BCUT2D eigenvalue weighted by atomic mass is 10.1. The second-order valence-electron chi connectivity index (χ2n) is 4.59. The van der Waals surface area contributed by atoms with Crippen LogP contribution in [0, 0.1) is 23.2 Å². The highest BCUT2D eigenvalue weighted by Gasteiger charge is 1.98. The molecular weight excluding hydrogens is 317 g/mol. The third kappa shape index (κ3) is 9.10. The third-order valence-electron chi connectivity index (χ3n) is 2.48. The van der Waals surface area contributed by atoms with E-state index in [0.717, 1.165) is 6.08 Å². The van der Waals surface area contributed by atoms with Gasteiger partial charge in [0.15, 0.2) is 0 Å². The molecule has 120 valence electrons. The summed E-state index contributed by atoms with van der Waals surface area (Å²) in [6, 6.07) is 1.71. The van der Waals surface area contributed by atoms with Gasteiger partial charge in [-0.25, -0.2) is 4.39 Å². The quantitative estimate of drug-likeness (QED) is 0.274. The highest BCUT2D eigenvalue weighted by molar-refractivity contribution is 7.84. The van der Waals surface area contributed by atoms with E-state index in [2.05, 4.69) is 63.9 Å². The zero-order valence-electron chi connectivity index (χ0n) is 13.4. The van der Waals surface area contributed by atoms with E-state index in [4.69, 9.17) is 5.26 Å². The van der Waals surface area contributed by atoms with Crippen LogP contribution in [0.25, 0.3) is 0 Å². The monoisotopic (exact) mass is 335 g/mol. The number of rotatable bonds is 7. The van der Waals surface area contributed by atoms with Gasteiger partial charge in [0.2, 0.25) is 0 Å². The number of halogens is 1. The molecule has 24 heavy (non-hydrogen) atoms. The Balaban J connectivity index is 4.86. The second kappa shape index (κ2) is 10.7. The molecule has 0 spiro atoms. The van der Waals surface area contributed by atoms with Crippen LogP contribution in [0.5, 0.6) is 0 Å². The average Bonchev–Trinajstić information content (AvgIpc) is 2.54. The maximum Gasteiger partial charge on any atom is 0.139 e. The fourth-order valence-electron chi connectivity index (χ4n) is 1.14. The van der Waals surface area contributed by atoms with Crippen LogP contribution >= 0.6 is 12.6 Å². The van der Waals surface area contributed by atoms with Crippen molar-refractivity contribution in [1.82, 2.24) is 0 Å². The van der Waals surface area contributed by atoms with Crippen LogP contribution in [-0.4, -0.2) is 0 Å². The molecule has 0 saturated heterocycles. The first-order chi connectivity index (χ1) is 11.2. The Morgan fingerprint density at radius 3 is 1.88 bits per heavy atom.